The lowest BCUT2D eigenvalue weighted by atomic mass is 10.1. The Balaban J connectivity index is 1.59. The molecule has 0 amide bonds. The van der Waals surface area contributed by atoms with E-state index in [-0.39, 0.29) is 26.5 Å². The molecule has 0 atom stereocenters. The standard InChI is InChI=1S/C23H19IN4O/c1-15-5-3-4-6-20(15)26-25-18-8-9-21(16(2)13-18)27-28-23-19-11-12-24-14-17(19)7-10-22(23)29/h3-14,29H,1-2H3. The van der Waals surface area contributed by atoms with Gasteiger partial charge in [-0.1, -0.05) is 45.0 Å². The minimum atomic E-state index is -0.0625. The number of rotatable bonds is 4. The van der Waals surface area contributed by atoms with Crippen LogP contribution in [0.15, 0.2) is 79.1 Å². The summed E-state index contributed by atoms with van der Waals surface area (Å²) in [7, 11) is 0. The maximum Gasteiger partial charge on any atom is 0.143 e. The summed E-state index contributed by atoms with van der Waals surface area (Å²) in [4.78, 5) is 0. The number of phenolic OH excluding ortho intramolecular Hbond substituents is 1. The van der Waals surface area contributed by atoms with Crippen molar-refractivity contribution in [3.05, 3.63) is 80.9 Å². The molecular weight excluding hydrogens is 475 g/mol. The number of benzene rings is 3. The summed E-state index contributed by atoms with van der Waals surface area (Å²) in [6.07, 6.45) is 2.03. The van der Waals surface area contributed by atoms with E-state index in [1.54, 1.807) is 6.07 Å². The van der Waals surface area contributed by atoms with Crippen molar-refractivity contribution in [2.45, 2.75) is 13.8 Å². The molecule has 0 radical (unpaired) electrons. The predicted molar refractivity (Wildman–Crippen MR) is 127 cm³/mol. The molecule has 6 heteroatoms. The lowest BCUT2D eigenvalue weighted by Gasteiger charge is -2.09. The Morgan fingerprint density at radius 1 is 0.793 bits per heavy atom. The second-order valence-electron chi connectivity index (χ2n) is 6.62. The van der Waals surface area contributed by atoms with Gasteiger partial charge in [-0.2, -0.15) is 15.3 Å². The zero-order chi connectivity index (χ0) is 20.2. The molecule has 0 fully saturated rings. The Kier molecular flexibility index (Phi) is 5.71. The van der Waals surface area contributed by atoms with Gasteiger partial charge in [0, 0.05) is 5.56 Å². The first-order valence-electron chi connectivity index (χ1n) is 9.09. The van der Waals surface area contributed by atoms with Crippen LogP contribution in [-0.2, 0) is 0 Å². The van der Waals surface area contributed by atoms with Gasteiger partial charge in [-0.3, -0.25) is 0 Å². The maximum atomic E-state index is 10.2. The molecule has 0 unspecified atom stereocenters. The molecule has 3 aromatic rings. The summed E-state index contributed by atoms with van der Waals surface area (Å²) in [5.74, 6) is 0.131. The molecule has 0 saturated carbocycles. The number of hydrogen-bond acceptors (Lipinski definition) is 5. The van der Waals surface area contributed by atoms with Crippen LogP contribution in [-0.4, -0.2) is 9.12 Å². The minimum absolute atomic E-state index is 0.0625. The van der Waals surface area contributed by atoms with Gasteiger partial charge in [0.1, 0.15) is 11.4 Å². The maximum absolute atomic E-state index is 10.2. The van der Waals surface area contributed by atoms with Gasteiger partial charge in [0.25, 0.3) is 0 Å². The van der Waals surface area contributed by atoms with E-state index in [0.29, 0.717) is 5.69 Å². The fourth-order valence-electron chi connectivity index (χ4n) is 2.90. The normalized spacial score (nSPS) is 13.0. The molecular formula is C23H19IN4O. The van der Waals surface area contributed by atoms with Crippen molar-refractivity contribution < 1.29 is 5.11 Å². The quantitative estimate of drug-likeness (QED) is 0.290. The number of aryl methyl sites for hydroxylation is 2. The Bertz CT molecular complexity index is 1200. The summed E-state index contributed by atoms with van der Waals surface area (Å²) in [6, 6.07) is 17.1. The van der Waals surface area contributed by atoms with Crippen molar-refractivity contribution in [2.75, 3.05) is 0 Å². The summed E-state index contributed by atoms with van der Waals surface area (Å²) in [6.45, 7) is 3.97. The SMILES string of the molecule is Cc1ccccc1N=Nc1ccc(N=Nc2c(O)ccc3c2C=CI=C3)c(C)c1. The lowest BCUT2D eigenvalue weighted by molar-refractivity contribution is 0.476. The third-order valence-corrected chi connectivity index (χ3v) is 6.34. The summed E-state index contributed by atoms with van der Waals surface area (Å²) in [5, 5.41) is 27.6. The van der Waals surface area contributed by atoms with E-state index in [9.17, 15) is 5.11 Å². The third kappa shape index (κ3) is 4.37. The molecule has 5 nitrogen and oxygen atoms in total. The smallest absolute Gasteiger partial charge is 0.143 e. The second-order valence-corrected chi connectivity index (χ2v) is 8.68. The average Bonchev–Trinajstić information content (AvgIpc) is 2.73. The van der Waals surface area contributed by atoms with Crippen LogP contribution in [0.5, 0.6) is 5.75 Å². The summed E-state index contributed by atoms with van der Waals surface area (Å²) >= 11 is -0.0625. The highest BCUT2D eigenvalue weighted by molar-refractivity contribution is 14.2. The van der Waals surface area contributed by atoms with E-state index in [2.05, 4.69) is 28.6 Å². The van der Waals surface area contributed by atoms with E-state index in [1.807, 2.05) is 68.5 Å². The first-order chi connectivity index (χ1) is 14.1. The summed E-state index contributed by atoms with van der Waals surface area (Å²) < 4.78 is 4.37. The van der Waals surface area contributed by atoms with Crippen molar-refractivity contribution in [2.24, 2.45) is 20.5 Å². The molecule has 1 aliphatic heterocycles. The molecule has 0 aromatic heterocycles. The van der Waals surface area contributed by atoms with Crippen LogP contribution in [0.2, 0.25) is 0 Å². The molecule has 1 aliphatic rings. The average molecular weight is 494 g/mol. The molecule has 29 heavy (non-hydrogen) atoms. The Hall–Kier alpha value is -3.00. The highest BCUT2D eigenvalue weighted by Gasteiger charge is 2.11. The van der Waals surface area contributed by atoms with Gasteiger partial charge >= 0.3 is 0 Å². The first kappa shape index (κ1) is 19.3. The lowest BCUT2D eigenvalue weighted by Crippen LogP contribution is -1.88. The van der Waals surface area contributed by atoms with Crippen molar-refractivity contribution in [1.82, 2.24) is 0 Å². The Labute approximate surface area is 179 Å². The molecule has 4 rings (SSSR count). The number of phenols is 1. The van der Waals surface area contributed by atoms with E-state index in [0.717, 1.165) is 39.3 Å². The molecule has 0 spiro atoms. The molecule has 1 N–H and O–H groups in total. The number of azo groups is 2. The fourth-order valence-corrected chi connectivity index (χ4v) is 4.60. The van der Waals surface area contributed by atoms with E-state index >= 15 is 0 Å². The molecule has 0 saturated heterocycles. The minimum Gasteiger partial charge on any atom is -0.506 e. The van der Waals surface area contributed by atoms with Gasteiger partial charge in [0.15, 0.2) is 0 Å². The van der Waals surface area contributed by atoms with Crippen LogP contribution < -0.4 is 0 Å². The molecule has 0 bridgehead atoms. The third-order valence-electron chi connectivity index (χ3n) is 4.54. The van der Waals surface area contributed by atoms with Crippen LogP contribution in [0.3, 0.4) is 0 Å². The van der Waals surface area contributed by atoms with Crippen molar-refractivity contribution in [3.63, 3.8) is 0 Å². The fraction of sp³-hybridized carbons (Fsp3) is 0.0870. The van der Waals surface area contributed by atoms with Crippen molar-refractivity contribution >= 4 is 53.6 Å². The number of nitrogens with zero attached hydrogens (tertiary/aromatic N) is 4. The number of hydrogen-bond donors (Lipinski definition) is 1. The number of halogens is 1. The zero-order valence-corrected chi connectivity index (χ0v) is 18.2. The van der Waals surface area contributed by atoms with E-state index in [4.69, 9.17) is 0 Å². The van der Waals surface area contributed by atoms with E-state index in [1.165, 1.54) is 0 Å². The van der Waals surface area contributed by atoms with Crippen LogP contribution in [0.1, 0.15) is 22.3 Å². The van der Waals surface area contributed by atoms with Gasteiger partial charge in [-0.15, -0.1) is 5.11 Å². The first-order valence-corrected chi connectivity index (χ1v) is 11.6. The Morgan fingerprint density at radius 3 is 2.41 bits per heavy atom. The van der Waals surface area contributed by atoms with Crippen LogP contribution in [0, 0.1) is 13.8 Å². The molecule has 1 heterocycles. The molecule has 0 aliphatic carbocycles. The van der Waals surface area contributed by atoms with Crippen LogP contribution in [0.25, 0.3) is 6.08 Å². The highest BCUT2D eigenvalue weighted by Crippen LogP contribution is 2.37. The zero-order valence-electron chi connectivity index (χ0n) is 16.0. The van der Waals surface area contributed by atoms with Gasteiger partial charge in [0.05, 0.1) is 17.1 Å². The van der Waals surface area contributed by atoms with E-state index < -0.39 is 0 Å². The van der Waals surface area contributed by atoms with Gasteiger partial charge < -0.3 is 5.11 Å². The van der Waals surface area contributed by atoms with Gasteiger partial charge in [-0.05, 0) is 75.0 Å². The Morgan fingerprint density at radius 2 is 1.59 bits per heavy atom. The van der Waals surface area contributed by atoms with Gasteiger partial charge in [0.2, 0.25) is 0 Å². The summed E-state index contributed by atoms with van der Waals surface area (Å²) in [5.41, 5.74) is 6.88. The largest absolute Gasteiger partial charge is 0.506 e. The van der Waals surface area contributed by atoms with Gasteiger partial charge in [-0.25, -0.2) is 0 Å². The number of aromatic hydroxyl groups is 1. The van der Waals surface area contributed by atoms with Crippen molar-refractivity contribution in [3.8, 4) is 5.75 Å². The second kappa shape index (κ2) is 8.57. The van der Waals surface area contributed by atoms with Crippen molar-refractivity contribution in [1.29, 1.82) is 0 Å². The van der Waals surface area contributed by atoms with Crippen LogP contribution >= 0.6 is 20.7 Å². The molecule has 144 valence electrons. The van der Waals surface area contributed by atoms with Crippen LogP contribution in [0.4, 0.5) is 22.7 Å². The topological polar surface area (TPSA) is 69.7 Å². The monoisotopic (exact) mass is 494 g/mol. The molecule has 3 aromatic carbocycles. The predicted octanol–water partition coefficient (Wildman–Crippen LogP) is 7.95. The number of fused-ring (bicyclic) bond motifs is 1. The highest BCUT2D eigenvalue weighted by atomic mass is 127.